The predicted molar refractivity (Wildman–Crippen MR) is 123 cm³/mol. The van der Waals surface area contributed by atoms with E-state index in [1.165, 1.54) is 0 Å². The van der Waals surface area contributed by atoms with E-state index in [-0.39, 0.29) is 18.6 Å². The number of amides is 1. The first-order valence-electron chi connectivity index (χ1n) is 11.3. The van der Waals surface area contributed by atoms with Crippen LogP contribution in [0.1, 0.15) is 30.9 Å². The van der Waals surface area contributed by atoms with Gasteiger partial charge in [-0.25, -0.2) is 0 Å². The molecule has 2 aliphatic rings. The van der Waals surface area contributed by atoms with Gasteiger partial charge in [-0.3, -0.25) is 4.79 Å². The standard InChI is InChI=1S/C27H27NO4/c29-27(19-32-24-12-5-4-10-22(24)20-8-2-1-3-9-20)28-15-6-11-23(28)21-13-14-25-26(18-21)31-17-7-16-30-25/h1-5,8-10,12-14,18,23H,6-7,11,15-17,19H2/t23-/m0/s1. The van der Waals surface area contributed by atoms with E-state index < -0.39 is 0 Å². The smallest absolute Gasteiger partial charge is 0.261 e. The molecule has 0 bridgehead atoms. The van der Waals surface area contributed by atoms with E-state index in [9.17, 15) is 4.79 Å². The lowest BCUT2D eigenvalue weighted by Crippen LogP contribution is -2.34. The van der Waals surface area contributed by atoms with Gasteiger partial charge in [-0.05, 0) is 42.2 Å². The molecule has 0 radical (unpaired) electrons. The van der Waals surface area contributed by atoms with Crippen LogP contribution < -0.4 is 14.2 Å². The zero-order chi connectivity index (χ0) is 21.8. The molecule has 2 heterocycles. The van der Waals surface area contributed by atoms with Crippen molar-refractivity contribution in [3.05, 3.63) is 78.4 Å². The molecule has 5 rings (SSSR count). The molecule has 1 atom stereocenters. The fraction of sp³-hybridized carbons (Fsp3) is 0.296. The second-order valence-corrected chi connectivity index (χ2v) is 8.15. The van der Waals surface area contributed by atoms with Crippen LogP contribution in [-0.4, -0.2) is 37.2 Å². The van der Waals surface area contributed by atoms with E-state index in [1.807, 2.05) is 71.6 Å². The third kappa shape index (κ3) is 4.28. The van der Waals surface area contributed by atoms with Crippen LogP contribution in [0.3, 0.4) is 0 Å². The molecule has 0 N–H and O–H groups in total. The van der Waals surface area contributed by atoms with Gasteiger partial charge in [0.1, 0.15) is 5.75 Å². The van der Waals surface area contributed by atoms with Gasteiger partial charge in [0, 0.05) is 18.5 Å². The van der Waals surface area contributed by atoms with Gasteiger partial charge in [0.25, 0.3) is 5.91 Å². The Morgan fingerprint density at radius 3 is 2.56 bits per heavy atom. The number of hydrogen-bond acceptors (Lipinski definition) is 4. The Balaban J connectivity index is 1.30. The Hall–Kier alpha value is -3.47. The van der Waals surface area contributed by atoms with Gasteiger partial charge < -0.3 is 19.1 Å². The highest BCUT2D eigenvalue weighted by molar-refractivity contribution is 5.79. The molecule has 0 aliphatic carbocycles. The summed E-state index contributed by atoms with van der Waals surface area (Å²) in [6.45, 7) is 2.08. The van der Waals surface area contributed by atoms with E-state index in [0.717, 1.165) is 59.7 Å². The maximum atomic E-state index is 13.1. The minimum Gasteiger partial charge on any atom is -0.490 e. The second kappa shape index (κ2) is 9.35. The van der Waals surface area contributed by atoms with Crippen LogP contribution in [0.2, 0.25) is 0 Å². The molecule has 1 fully saturated rings. The Bertz CT molecular complexity index is 1080. The average Bonchev–Trinajstić information content (AvgIpc) is 3.22. The monoisotopic (exact) mass is 429 g/mol. The summed E-state index contributed by atoms with van der Waals surface area (Å²) in [5.41, 5.74) is 3.15. The second-order valence-electron chi connectivity index (χ2n) is 8.15. The molecule has 0 aromatic heterocycles. The zero-order valence-corrected chi connectivity index (χ0v) is 18.0. The molecule has 1 saturated heterocycles. The quantitative estimate of drug-likeness (QED) is 0.555. The largest absolute Gasteiger partial charge is 0.490 e. The van der Waals surface area contributed by atoms with Crippen LogP contribution in [0.5, 0.6) is 17.2 Å². The van der Waals surface area contributed by atoms with Crippen molar-refractivity contribution in [1.29, 1.82) is 0 Å². The minimum absolute atomic E-state index is 0.00229. The van der Waals surface area contributed by atoms with Crippen molar-refractivity contribution < 1.29 is 19.0 Å². The molecule has 0 unspecified atom stereocenters. The lowest BCUT2D eigenvalue weighted by Gasteiger charge is -2.26. The van der Waals surface area contributed by atoms with Crippen molar-refractivity contribution in [3.63, 3.8) is 0 Å². The van der Waals surface area contributed by atoms with Crippen LogP contribution in [-0.2, 0) is 4.79 Å². The van der Waals surface area contributed by atoms with Gasteiger partial charge in [-0.15, -0.1) is 0 Å². The van der Waals surface area contributed by atoms with Crippen molar-refractivity contribution in [3.8, 4) is 28.4 Å². The predicted octanol–water partition coefficient (Wildman–Crippen LogP) is 5.26. The number of para-hydroxylation sites is 1. The number of fused-ring (bicyclic) bond motifs is 1. The highest BCUT2D eigenvalue weighted by Crippen LogP contribution is 2.38. The molecule has 2 aliphatic heterocycles. The number of carbonyl (C=O) groups is 1. The van der Waals surface area contributed by atoms with Crippen LogP contribution >= 0.6 is 0 Å². The van der Waals surface area contributed by atoms with Crippen LogP contribution in [0.4, 0.5) is 0 Å². The van der Waals surface area contributed by atoms with Crippen LogP contribution in [0, 0.1) is 0 Å². The van der Waals surface area contributed by atoms with Gasteiger partial charge in [-0.2, -0.15) is 0 Å². The Morgan fingerprint density at radius 1 is 0.906 bits per heavy atom. The SMILES string of the molecule is O=C(COc1ccccc1-c1ccccc1)N1CCC[C@H]1c1ccc2c(c1)OCCCO2. The van der Waals surface area contributed by atoms with Crippen molar-refractivity contribution in [2.24, 2.45) is 0 Å². The minimum atomic E-state index is 0.00229. The lowest BCUT2D eigenvalue weighted by atomic mass is 10.0. The summed E-state index contributed by atoms with van der Waals surface area (Å²) in [4.78, 5) is 15.1. The number of nitrogens with zero attached hydrogens (tertiary/aromatic N) is 1. The number of hydrogen-bond donors (Lipinski definition) is 0. The topological polar surface area (TPSA) is 48.0 Å². The van der Waals surface area contributed by atoms with E-state index >= 15 is 0 Å². The van der Waals surface area contributed by atoms with E-state index in [0.29, 0.717) is 13.2 Å². The van der Waals surface area contributed by atoms with Gasteiger partial charge in [0.2, 0.25) is 0 Å². The van der Waals surface area contributed by atoms with Gasteiger partial charge in [-0.1, -0.05) is 54.6 Å². The summed E-state index contributed by atoms with van der Waals surface area (Å²) in [5.74, 6) is 2.27. The maximum absolute atomic E-state index is 13.1. The van der Waals surface area contributed by atoms with Crippen molar-refractivity contribution in [2.75, 3.05) is 26.4 Å². The molecule has 5 heteroatoms. The number of benzene rings is 3. The van der Waals surface area contributed by atoms with Crippen molar-refractivity contribution in [2.45, 2.75) is 25.3 Å². The molecule has 164 valence electrons. The molecule has 32 heavy (non-hydrogen) atoms. The van der Waals surface area contributed by atoms with E-state index in [2.05, 4.69) is 6.07 Å². The van der Waals surface area contributed by atoms with E-state index in [1.54, 1.807) is 0 Å². The molecule has 0 spiro atoms. The zero-order valence-electron chi connectivity index (χ0n) is 18.0. The third-order valence-electron chi connectivity index (χ3n) is 6.05. The molecular formula is C27H27NO4. The van der Waals surface area contributed by atoms with Gasteiger partial charge >= 0.3 is 0 Å². The number of ether oxygens (including phenoxy) is 3. The Kier molecular flexibility index (Phi) is 5.97. The van der Waals surface area contributed by atoms with E-state index in [4.69, 9.17) is 14.2 Å². The number of carbonyl (C=O) groups excluding carboxylic acids is 1. The summed E-state index contributed by atoms with van der Waals surface area (Å²) in [6, 6.07) is 24.0. The normalized spacial score (nSPS) is 17.6. The molecule has 3 aromatic carbocycles. The maximum Gasteiger partial charge on any atom is 0.261 e. The molecule has 0 saturated carbocycles. The fourth-order valence-corrected chi connectivity index (χ4v) is 4.47. The first-order chi connectivity index (χ1) is 15.8. The number of rotatable bonds is 5. The summed E-state index contributed by atoms with van der Waals surface area (Å²) >= 11 is 0. The molecular weight excluding hydrogens is 402 g/mol. The summed E-state index contributed by atoms with van der Waals surface area (Å²) in [5, 5.41) is 0. The Morgan fingerprint density at radius 2 is 1.69 bits per heavy atom. The third-order valence-corrected chi connectivity index (χ3v) is 6.05. The summed E-state index contributed by atoms with van der Waals surface area (Å²) in [7, 11) is 0. The fourth-order valence-electron chi connectivity index (χ4n) is 4.47. The first kappa shape index (κ1) is 20.4. The Labute approximate surface area is 188 Å². The molecule has 5 nitrogen and oxygen atoms in total. The molecule has 1 amide bonds. The first-order valence-corrected chi connectivity index (χ1v) is 11.3. The summed E-state index contributed by atoms with van der Waals surface area (Å²) in [6.07, 6.45) is 2.79. The average molecular weight is 430 g/mol. The van der Waals surface area contributed by atoms with Crippen molar-refractivity contribution in [1.82, 2.24) is 4.90 Å². The molecule has 3 aromatic rings. The van der Waals surface area contributed by atoms with Gasteiger partial charge in [0.15, 0.2) is 18.1 Å². The summed E-state index contributed by atoms with van der Waals surface area (Å²) < 4.78 is 17.6. The van der Waals surface area contributed by atoms with Crippen LogP contribution in [0.25, 0.3) is 11.1 Å². The highest BCUT2D eigenvalue weighted by Gasteiger charge is 2.31. The van der Waals surface area contributed by atoms with Crippen molar-refractivity contribution >= 4 is 5.91 Å². The highest BCUT2D eigenvalue weighted by atomic mass is 16.5. The van der Waals surface area contributed by atoms with Gasteiger partial charge in [0.05, 0.1) is 19.3 Å². The number of likely N-dealkylation sites (tertiary alicyclic amines) is 1. The lowest BCUT2D eigenvalue weighted by molar-refractivity contribution is -0.134. The van der Waals surface area contributed by atoms with Crippen LogP contribution in [0.15, 0.2) is 72.8 Å².